The summed E-state index contributed by atoms with van der Waals surface area (Å²) in [5.74, 6) is -0.613. The van der Waals surface area contributed by atoms with E-state index in [1.54, 1.807) is 6.08 Å². The molecule has 8 unspecified atom stereocenters. The number of unbranched alkanes of at least 4 members (excludes halogenated alkanes) is 43. The number of aliphatic hydroxyl groups excluding tert-OH is 6. The Morgan fingerprint density at radius 1 is 0.459 bits per heavy atom. The molecule has 7 N–H and O–H groups in total. The van der Waals surface area contributed by atoms with Gasteiger partial charge < -0.3 is 45.4 Å². The van der Waals surface area contributed by atoms with E-state index in [1.807, 2.05) is 6.08 Å². The van der Waals surface area contributed by atoms with E-state index in [1.165, 1.54) is 250 Å². The fraction of sp³-hybridized carbons (Fsp3) is 0.922. The van der Waals surface area contributed by atoms with Crippen molar-refractivity contribution in [2.75, 3.05) is 13.2 Å². The van der Waals surface area contributed by atoms with Crippen LogP contribution in [0.3, 0.4) is 0 Å². The number of carbonyl (C=O) groups is 1. The normalized spacial score (nSPS) is 19.5. The first-order valence-electron chi connectivity index (χ1n) is 32.2. The predicted octanol–water partition coefficient (Wildman–Crippen LogP) is 15.5. The molecule has 0 saturated carbocycles. The Kier molecular flexibility index (Phi) is 51.2. The first-order valence-corrected chi connectivity index (χ1v) is 32.2. The summed E-state index contributed by atoms with van der Waals surface area (Å²) in [5, 5.41) is 64.9. The second-order valence-corrected chi connectivity index (χ2v) is 22.7. The number of hydrogen-bond acceptors (Lipinski definition) is 9. The van der Waals surface area contributed by atoms with Crippen LogP contribution in [0.2, 0.25) is 0 Å². The van der Waals surface area contributed by atoms with Crippen molar-refractivity contribution < 1.29 is 44.9 Å². The molecular formula is C64H123NO9. The average Bonchev–Trinajstić information content (AvgIpc) is 3.40. The number of carbonyl (C=O) groups excluding carboxylic acids is 1. The minimum Gasteiger partial charge on any atom is -0.394 e. The topological polar surface area (TPSA) is 169 Å². The van der Waals surface area contributed by atoms with Crippen molar-refractivity contribution in [2.24, 2.45) is 0 Å². The largest absolute Gasteiger partial charge is 0.394 e. The maximum absolute atomic E-state index is 13.1. The van der Waals surface area contributed by atoms with E-state index in [-0.39, 0.29) is 6.61 Å². The molecule has 1 heterocycles. The molecular weight excluding hydrogens is 927 g/mol. The number of ether oxygens (including phenoxy) is 2. The minimum atomic E-state index is -1.61. The lowest BCUT2D eigenvalue weighted by Crippen LogP contribution is -2.60. The van der Waals surface area contributed by atoms with Crippen LogP contribution in [0.1, 0.15) is 316 Å². The molecule has 0 aromatic rings. The highest BCUT2D eigenvalue weighted by Gasteiger charge is 2.44. The monoisotopic (exact) mass is 1050 g/mol. The number of amides is 1. The molecule has 0 bridgehead atoms. The summed E-state index contributed by atoms with van der Waals surface area (Å²) in [7, 11) is 0. The van der Waals surface area contributed by atoms with Gasteiger partial charge in [-0.3, -0.25) is 4.79 Å². The lowest BCUT2D eigenvalue weighted by Gasteiger charge is -2.40. The Morgan fingerprint density at radius 3 is 1.14 bits per heavy atom. The molecule has 0 aliphatic carbocycles. The predicted molar refractivity (Wildman–Crippen MR) is 310 cm³/mol. The van der Waals surface area contributed by atoms with E-state index in [9.17, 15) is 35.4 Å². The van der Waals surface area contributed by atoms with Crippen LogP contribution in [0.5, 0.6) is 0 Å². The van der Waals surface area contributed by atoms with Crippen LogP contribution in [0, 0.1) is 0 Å². The van der Waals surface area contributed by atoms with Crippen molar-refractivity contribution in [3.63, 3.8) is 0 Å². The first kappa shape index (κ1) is 70.6. The van der Waals surface area contributed by atoms with Crippen LogP contribution in [0.15, 0.2) is 24.3 Å². The fourth-order valence-electron chi connectivity index (χ4n) is 10.5. The SMILES string of the molecule is CCCCCCCCCCC/C=C/C(O)C(COC1OC(CO)C(O)C(O)C1O)NC(=O)C(O)CCCCCCCCCCCCCCCCCC/C=C\CCCCCCCCCCCCCCCCCCCC. The Bertz CT molecular complexity index is 1230. The van der Waals surface area contributed by atoms with Gasteiger partial charge in [-0.05, 0) is 44.9 Å². The molecule has 1 saturated heterocycles. The molecule has 1 fully saturated rings. The Hall–Kier alpha value is -1.37. The molecule has 0 aromatic carbocycles. The van der Waals surface area contributed by atoms with E-state index in [4.69, 9.17) is 9.47 Å². The van der Waals surface area contributed by atoms with Crippen LogP contribution in [-0.4, -0.2) is 98.7 Å². The van der Waals surface area contributed by atoms with Gasteiger partial charge >= 0.3 is 0 Å². The summed E-state index contributed by atoms with van der Waals surface area (Å²) in [6, 6.07) is -0.977. The van der Waals surface area contributed by atoms with E-state index in [0.717, 1.165) is 44.9 Å². The molecule has 0 spiro atoms. The van der Waals surface area contributed by atoms with Crippen molar-refractivity contribution >= 4 is 5.91 Å². The zero-order chi connectivity index (χ0) is 53.8. The summed E-state index contributed by atoms with van der Waals surface area (Å²) in [5.41, 5.74) is 0. The van der Waals surface area contributed by atoms with Gasteiger partial charge in [0.15, 0.2) is 6.29 Å². The van der Waals surface area contributed by atoms with Crippen molar-refractivity contribution in [1.29, 1.82) is 0 Å². The number of nitrogens with one attached hydrogen (secondary N) is 1. The molecule has 0 radical (unpaired) electrons. The van der Waals surface area contributed by atoms with Gasteiger partial charge in [0.25, 0.3) is 0 Å². The van der Waals surface area contributed by atoms with Gasteiger partial charge in [-0.25, -0.2) is 0 Å². The molecule has 74 heavy (non-hydrogen) atoms. The third kappa shape index (κ3) is 41.7. The van der Waals surface area contributed by atoms with Crippen LogP contribution in [-0.2, 0) is 14.3 Å². The van der Waals surface area contributed by atoms with Gasteiger partial charge in [-0.15, -0.1) is 0 Å². The Balaban J connectivity index is 2.04. The van der Waals surface area contributed by atoms with Gasteiger partial charge in [0.1, 0.15) is 30.5 Å². The molecule has 1 amide bonds. The quantitative estimate of drug-likeness (QED) is 0.0232. The van der Waals surface area contributed by atoms with E-state index < -0.39 is 61.5 Å². The first-order chi connectivity index (χ1) is 36.3. The van der Waals surface area contributed by atoms with E-state index in [0.29, 0.717) is 6.42 Å². The lowest BCUT2D eigenvalue weighted by atomic mass is 9.99. The molecule has 10 nitrogen and oxygen atoms in total. The molecule has 0 aromatic heterocycles. The Morgan fingerprint density at radius 2 is 0.784 bits per heavy atom. The summed E-state index contributed by atoms with van der Waals surface area (Å²) >= 11 is 0. The van der Waals surface area contributed by atoms with Crippen LogP contribution in [0.25, 0.3) is 0 Å². The standard InChI is InChI=1S/C64H123NO9/c1-3-5-7-9-11-13-15-16-17-18-19-20-21-22-23-24-25-26-27-28-29-30-31-32-33-34-35-36-37-38-39-40-41-43-45-47-49-51-53-58(68)63(72)65-56(55-73-64-62(71)61(70)60(69)59(54-66)74-64)57(67)52-50-48-46-44-42-14-12-10-8-6-4-2/h28-29,50,52,56-62,64,66-71H,3-27,30-49,51,53-55H2,1-2H3,(H,65,72)/b29-28-,52-50+. The molecule has 1 aliphatic heterocycles. The van der Waals surface area contributed by atoms with Crippen molar-refractivity contribution in [3.05, 3.63) is 24.3 Å². The highest BCUT2D eigenvalue weighted by Crippen LogP contribution is 2.23. The van der Waals surface area contributed by atoms with E-state index >= 15 is 0 Å². The Labute approximate surface area is 456 Å². The van der Waals surface area contributed by atoms with E-state index in [2.05, 4.69) is 31.3 Å². The van der Waals surface area contributed by atoms with Gasteiger partial charge in [0, 0.05) is 0 Å². The molecule has 438 valence electrons. The van der Waals surface area contributed by atoms with Gasteiger partial charge in [-0.1, -0.05) is 295 Å². The van der Waals surface area contributed by atoms with Crippen LogP contribution >= 0.6 is 0 Å². The highest BCUT2D eigenvalue weighted by molar-refractivity contribution is 5.80. The summed E-state index contributed by atoms with van der Waals surface area (Å²) in [6.07, 6.45) is 59.1. The highest BCUT2D eigenvalue weighted by atomic mass is 16.7. The molecule has 8 atom stereocenters. The maximum Gasteiger partial charge on any atom is 0.249 e. The van der Waals surface area contributed by atoms with Gasteiger partial charge in [-0.2, -0.15) is 0 Å². The van der Waals surface area contributed by atoms with Crippen LogP contribution in [0.4, 0.5) is 0 Å². The van der Waals surface area contributed by atoms with Crippen molar-refractivity contribution in [3.8, 4) is 0 Å². The third-order valence-corrected chi connectivity index (χ3v) is 15.6. The molecule has 10 heteroatoms. The second kappa shape index (κ2) is 53.6. The zero-order valence-corrected chi connectivity index (χ0v) is 48.5. The number of rotatable bonds is 56. The third-order valence-electron chi connectivity index (χ3n) is 15.6. The minimum absolute atomic E-state index is 0.303. The number of hydrogen-bond donors (Lipinski definition) is 7. The maximum atomic E-state index is 13.1. The average molecular weight is 1050 g/mol. The van der Waals surface area contributed by atoms with Crippen molar-refractivity contribution in [1.82, 2.24) is 5.32 Å². The number of allylic oxidation sites excluding steroid dienone is 3. The molecule has 1 aliphatic rings. The lowest BCUT2D eigenvalue weighted by molar-refractivity contribution is -0.302. The van der Waals surface area contributed by atoms with Gasteiger partial charge in [0.05, 0.1) is 25.4 Å². The van der Waals surface area contributed by atoms with Crippen molar-refractivity contribution in [2.45, 2.75) is 365 Å². The second-order valence-electron chi connectivity index (χ2n) is 22.7. The number of aliphatic hydroxyl groups is 6. The summed E-state index contributed by atoms with van der Waals surface area (Å²) in [6.45, 7) is 3.62. The summed E-state index contributed by atoms with van der Waals surface area (Å²) in [4.78, 5) is 13.1. The fourth-order valence-corrected chi connectivity index (χ4v) is 10.5. The smallest absolute Gasteiger partial charge is 0.249 e. The van der Waals surface area contributed by atoms with Crippen LogP contribution < -0.4 is 5.32 Å². The summed E-state index contributed by atoms with van der Waals surface area (Å²) < 4.78 is 11.2. The molecule has 1 rings (SSSR count). The zero-order valence-electron chi connectivity index (χ0n) is 48.5. The van der Waals surface area contributed by atoms with Gasteiger partial charge in [0.2, 0.25) is 5.91 Å².